The Hall–Kier alpha value is -0.130. The van der Waals surface area contributed by atoms with Crippen LogP contribution in [0.2, 0.25) is 0 Å². The van der Waals surface area contributed by atoms with Crippen molar-refractivity contribution in [3.8, 4) is 0 Å². The van der Waals surface area contributed by atoms with E-state index in [2.05, 4.69) is 24.1 Å². The molecule has 1 aliphatic rings. The highest BCUT2D eigenvalue weighted by Gasteiger charge is 2.18. The normalized spacial score (nSPS) is 22.0. The van der Waals surface area contributed by atoms with Crippen LogP contribution in [-0.4, -0.2) is 57.0 Å². The van der Waals surface area contributed by atoms with Gasteiger partial charge in [-0.25, -0.2) is 8.42 Å². The number of nitrogens with zero attached hydrogens (tertiary/aromatic N) is 1. The third-order valence-electron chi connectivity index (χ3n) is 3.81. The number of rotatable bonds is 8. The summed E-state index contributed by atoms with van der Waals surface area (Å²) in [7, 11) is -2.77. The molecular weight excluding hydrogens is 260 g/mol. The van der Waals surface area contributed by atoms with Gasteiger partial charge in [0, 0.05) is 25.7 Å². The third kappa shape index (κ3) is 7.90. The van der Waals surface area contributed by atoms with E-state index in [0.29, 0.717) is 24.1 Å². The van der Waals surface area contributed by atoms with E-state index in [0.717, 1.165) is 26.1 Å². The molecule has 0 bridgehead atoms. The molecule has 114 valence electrons. The molecule has 0 aliphatic carbocycles. The molecule has 0 aromatic rings. The lowest BCUT2D eigenvalue weighted by Gasteiger charge is -2.21. The van der Waals surface area contributed by atoms with Gasteiger partial charge >= 0.3 is 0 Å². The van der Waals surface area contributed by atoms with Gasteiger partial charge in [0.25, 0.3) is 0 Å². The average molecular weight is 290 g/mol. The van der Waals surface area contributed by atoms with E-state index in [1.54, 1.807) is 0 Å². The highest BCUT2D eigenvalue weighted by molar-refractivity contribution is 7.91. The highest BCUT2D eigenvalue weighted by atomic mass is 32.2. The lowest BCUT2D eigenvalue weighted by atomic mass is 10.1. The first-order valence-electron chi connectivity index (χ1n) is 7.69. The lowest BCUT2D eigenvalue weighted by Crippen LogP contribution is -2.37. The molecule has 0 aromatic carbocycles. The SMILES string of the molecule is CCCCCC(C)NCCN1CCCS(=O)(=O)CC1. The minimum Gasteiger partial charge on any atom is -0.313 e. The summed E-state index contributed by atoms with van der Waals surface area (Å²) in [6.45, 7) is 8.02. The van der Waals surface area contributed by atoms with Crippen LogP contribution in [0.25, 0.3) is 0 Å². The maximum atomic E-state index is 11.5. The number of unbranched alkanes of at least 4 members (excludes halogenated alkanes) is 2. The number of sulfone groups is 1. The summed E-state index contributed by atoms with van der Waals surface area (Å²) in [6.07, 6.45) is 5.91. The largest absolute Gasteiger partial charge is 0.313 e. The molecule has 1 saturated heterocycles. The minimum atomic E-state index is -2.77. The highest BCUT2D eigenvalue weighted by Crippen LogP contribution is 2.05. The summed E-state index contributed by atoms with van der Waals surface area (Å²) in [4.78, 5) is 2.27. The summed E-state index contributed by atoms with van der Waals surface area (Å²) >= 11 is 0. The average Bonchev–Trinajstić information content (AvgIpc) is 2.51. The van der Waals surface area contributed by atoms with Crippen LogP contribution < -0.4 is 5.32 Å². The molecule has 0 saturated carbocycles. The summed E-state index contributed by atoms with van der Waals surface area (Å²) in [5.74, 6) is 0.698. The first-order valence-corrected chi connectivity index (χ1v) is 9.52. The van der Waals surface area contributed by atoms with Gasteiger partial charge < -0.3 is 10.2 Å². The second kappa shape index (κ2) is 8.93. The Kier molecular flexibility index (Phi) is 7.95. The van der Waals surface area contributed by atoms with Gasteiger partial charge in [-0.05, 0) is 26.3 Å². The van der Waals surface area contributed by atoms with Gasteiger partial charge in [0.05, 0.1) is 11.5 Å². The Bertz CT molecular complexity index is 330. The maximum absolute atomic E-state index is 11.5. The Labute approximate surface area is 118 Å². The summed E-state index contributed by atoms with van der Waals surface area (Å²) in [6, 6.07) is 0.572. The Morgan fingerprint density at radius 2 is 2.00 bits per heavy atom. The second-order valence-corrected chi connectivity index (χ2v) is 8.00. The molecule has 1 atom stereocenters. The molecule has 1 fully saturated rings. The van der Waals surface area contributed by atoms with Crippen molar-refractivity contribution in [3.63, 3.8) is 0 Å². The van der Waals surface area contributed by atoms with Gasteiger partial charge in [0.1, 0.15) is 0 Å². The summed E-state index contributed by atoms with van der Waals surface area (Å²) < 4.78 is 23.0. The molecule has 1 aliphatic heterocycles. The first kappa shape index (κ1) is 16.9. The Morgan fingerprint density at radius 3 is 2.74 bits per heavy atom. The zero-order valence-electron chi connectivity index (χ0n) is 12.5. The van der Waals surface area contributed by atoms with Gasteiger partial charge in [-0.15, -0.1) is 0 Å². The van der Waals surface area contributed by atoms with Crippen LogP contribution >= 0.6 is 0 Å². The predicted molar refractivity (Wildman–Crippen MR) is 81.3 cm³/mol. The fourth-order valence-electron chi connectivity index (χ4n) is 2.49. The molecular formula is C14H30N2O2S. The fraction of sp³-hybridized carbons (Fsp3) is 1.00. The molecule has 0 amide bonds. The first-order chi connectivity index (χ1) is 9.03. The minimum absolute atomic E-state index is 0.332. The molecule has 4 nitrogen and oxygen atoms in total. The van der Waals surface area contributed by atoms with Crippen molar-refractivity contribution in [2.75, 3.05) is 37.7 Å². The quantitative estimate of drug-likeness (QED) is 0.691. The van der Waals surface area contributed by atoms with Crippen molar-refractivity contribution in [3.05, 3.63) is 0 Å². The molecule has 1 heterocycles. The van der Waals surface area contributed by atoms with Crippen LogP contribution in [0.5, 0.6) is 0 Å². The van der Waals surface area contributed by atoms with Crippen molar-refractivity contribution < 1.29 is 8.42 Å². The fourth-order valence-corrected chi connectivity index (χ4v) is 3.79. The van der Waals surface area contributed by atoms with Crippen LogP contribution in [0.1, 0.15) is 46.0 Å². The molecule has 1 unspecified atom stereocenters. The van der Waals surface area contributed by atoms with Crippen molar-refractivity contribution in [1.82, 2.24) is 10.2 Å². The van der Waals surface area contributed by atoms with Crippen LogP contribution in [0.3, 0.4) is 0 Å². The van der Waals surface area contributed by atoms with Gasteiger partial charge in [-0.2, -0.15) is 0 Å². The molecule has 19 heavy (non-hydrogen) atoms. The van der Waals surface area contributed by atoms with E-state index < -0.39 is 9.84 Å². The van der Waals surface area contributed by atoms with E-state index in [9.17, 15) is 8.42 Å². The van der Waals surface area contributed by atoms with Gasteiger partial charge in [0.15, 0.2) is 9.84 Å². The van der Waals surface area contributed by atoms with E-state index in [1.807, 2.05) is 0 Å². The number of hydrogen-bond acceptors (Lipinski definition) is 4. The molecule has 1 N–H and O–H groups in total. The van der Waals surface area contributed by atoms with Gasteiger partial charge in [-0.3, -0.25) is 0 Å². The van der Waals surface area contributed by atoms with Gasteiger partial charge in [-0.1, -0.05) is 26.2 Å². The molecule has 0 aromatic heterocycles. The van der Waals surface area contributed by atoms with E-state index >= 15 is 0 Å². The van der Waals surface area contributed by atoms with E-state index in [-0.39, 0.29) is 0 Å². The van der Waals surface area contributed by atoms with E-state index in [1.165, 1.54) is 25.7 Å². The topological polar surface area (TPSA) is 49.4 Å². The zero-order chi connectivity index (χ0) is 14.1. The second-order valence-electron chi connectivity index (χ2n) is 5.70. The zero-order valence-corrected chi connectivity index (χ0v) is 13.3. The molecule has 5 heteroatoms. The predicted octanol–water partition coefficient (Wildman–Crippen LogP) is 1.67. The van der Waals surface area contributed by atoms with Crippen LogP contribution in [0.15, 0.2) is 0 Å². The van der Waals surface area contributed by atoms with Crippen molar-refractivity contribution in [2.45, 2.75) is 52.0 Å². The summed E-state index contributed by atoms with van der Waals surface area (Å²) in [5, 5.41) is 3.54. The third-order valence-corrected chi connectivity index (χ3v) is 5.52. The van der Waals surface area contributed by atoms with Crippen LogP contribution in [0.4, 0.5) is 0 Å². The lowest BCUT2D eigenvalue weighted by molar-refractivity contribution is 0.288. The smallest absolute Gasteiger partial charge is 0.151 e. The van der Waals surface area contributed by atoms with E-state index in [4.69, 9.17) is 0 Å². The maximum Gasteiger partial charge on any atom is 0.151 e. The molecule has 1 rings (SSSR count). The van der Waals surface area contributed by atoms with Crippen molar-refractivity contribution in [2.24, 2.45) is 0 Å². The number of nitrogens with one attached hydrogen (secondary N) is 1. The van der Waals surface area contributed by atoms with Gasteiger partial charge in [0.2, 0.25) is 0 Å². The number of hydrogen-bond donors (Lipinski definition) is 1. The van der Waals surface area contributed by atoms with Crippen LogP contribution in [-0.2, 0) is 9.84 Å². The van der Waals surface area contributed by atoms with Crippen molar-refractivity contribution in [1.29, 1.82) is 0 Å². The Morgan fingerprint density at radius 1 is 1.21 bits per heavy atom. The molecule has 0 radical (unpaired) electrons. The Balaban J connectivity index is 2.12. The van der Waals surface area contributed by atoms with Crippen LogP contribution in [0, 0.1) is 0 Å². The monoisotopic (exact) mass is 290 g/mol. The summed E-state index contributed by atoms with van der Waals surface area (Å²) in [5.41, 5.74) is 0. The van der Waals surface area contributed by atoms with Crippen molar-refractivity contribution >= 4 is 9.84 Å². The molecule has 0 spiro atoms. The standard InChI is InChI=1S/C14H30N2O2S/c1-3-4-5-7-14(2)15-8-10-16-9-6-12-19(17,18)13-11-16/h14-15H,3-13H2,1-2H3.